The maximum atomic E-state index is 5.93. The highest BCUT2D eigenvalue weighted by atomic mass is 35.5. The Balaban J connectivity index is 2.77. The molecular weight excluding hydrogens is 196 g/mol. The third-order valence-corrected chi connectivity index (χ3v) is 2.71. The highest BCUT2D eigenvalue weighted by Gasteiger charge is 2.09. The van der Waals surface area contributed by atoms with Gasteiger partial charge in [0.05, 0.1) is 0 Å². The number of hydrogen-bond acceptors (Lipinski definition) is 1. The van der Waals surface area contributed by atoms with Crippen LogP contribution < -0.4 is 5.73 Å². The molecule has 74 valence electrons. The number of halogens is 1. The minimum atomic E-state index is 0.0554. The third-order valence-electron chi connectivity index (χ3n) is 2.47. The summed E-state index contributed by atoms with van der Waals surface area (Å²) in [5, 5.41) is 1.95. The molecule has 0 spiro atoms. The van der Waals surface area contributed by atoms with Crippen molar-refractivity contribution in [1.29, 1.82) is 0 Å². The Hall–Kier alpha value is -0.990. The summed E-state index contributed by atoms with van der Waals surface area (Å²) in [6.07, 6.45) is 2.06. The van der Waals surface area contributed by atoms with Gasteiger partial charge in [-0.15, -0.1) is 0 Å². The molecule has 0 saturated heterocycles. The minimum Gasteiger partial charge on any atom is -0.350 e. The number of fused-ring (bicyclic) bond motifs is 1. The monoisotopic (exact) mass is 208 g/mol. The topological polar surface area (TPSA) is 30.9 Å². The van der Waals surface area contributed by atoms with Crippen LogP contribution in [-0.2, 0) is 7.05 Å². The fraction of sp³-hybridized carbons (Fsp3) is 0.273. The van der Waals surface area contributed by atoms with Gasteiger partial charge in [0.2, 0.25) is 0 Å². The summed E-state index contributed by atoms with van der Waals surface area (Å²) >= 11 is 5.93. The second-order valence-electron chi connectivity index (χ2n) is 3.65. The third kappa shape index (κ3) is 1.41. The maximum absolute atomic E-state index is 5.93. The molecule has 0 unspecified atom stereocenters. The van der Waals surface area contributed by atoms with Gasteiger partial charge in [-0.05, 0) is 24.6 Å². The summed E-state index contributed by atoms with van der Waals surface area (Å²) in [6.45, 7) is 1.99. The summed E-state index contributed by atoms with van der Waals surface area (Å²) in [5.74, 6) is 0. The Morgan fingerprint density at radius 3 is 2.79 bits per heavy atom. The second kappa shape index (κ2) is 3.30. The molecule has 0 aliphatic heterocycles. The summed E-state index contributed by atoms with van der Waals surface area (Å²) in [6, 6.07) is 5.94. The van der Waals surface area contributed by atoms with Gasteiger partial charge in [0.15, 0.2) is 0 Å². The van der Waals surface area contributed by atoms with Crippen LogP contribution in [-0.4, -0.2) is 4.57 Å². The lowest BCUT2D eigenvalue weighted by atomic mass is 10.1. The van der Waals surface area contributed by atoms with Crippen LogP contribution in [0.5, 0.6) is 0 Å². The molecule has 1 aromatic carbocycles. The quantitative estimate of drug-likeness (QED) is 0.768. The molecule has 0 saturated carbocycles. The molecule has 0 amide bonds. The van der Waals surface area contributed by atoms with Crippen molar-refractivity contribution in [1.82, 2.24) is 4.57 Å². The molecule has 3 heteroatoms. The van der Waals surface area contributed by atoms with Crippen LogP contribution in [0.4, 0.5) is 0 Å². The van der Waals surface area contributed by atoms with Gasteiger partial charge in [0.1, 0.15) is 0 Å². The fourth-order valence-corrected chi connectivity index (χ4v) is 1.92. The van der Waals surface area contributed by atoms with E-state index in [0.29, 0.717) is 0 Å². The lowest BCUT2D eigenvalue weighted by Gasteiger charge is -2.01. The molecule has 2 N–H and O–H groups in total. The molecule has 0 radical (unpaired) electrons. The van der Waals surface area contributed by atoms with Gasteiger partial charge in [-0.25, -0.2) is 0 Å². The van der Waals surface area contributed by atoms with E-state index in [1.165, 1.54) is 10.9 Å². The van der Waals surface area contributed by atoms with Crippen LogP contribution in [0, 0.1) is 0 Å². The molecule has 2 aromatic rings. The predicted octanol–water partition coefficient (Wildman–Crippen LogP) is 2.85. The zero-order valence-electron chi connectivity index (χ0n) is 8.29. The number of nitrogens with zero attached hydrogens (tertiary/aromatic N) is 1. The van der Waals surface area contributed by atoms with Crippen LogP contribution in [0.3, 0.4) is 0 Å². The summed E-state index contributed by atoms with van der Waals surface area (Å²) < 4.78 is 2.06. The summed E-state index contributed by atoms with van der Waals surface area (Å²) in [5.41, 5.74) is 8.18. The van der Waals surface area contributed by atoms with Crippen molar-refractivity contribution in [2.75, 3.05) is 0 Å². The van der Waals surface area contributed by atoms with E-state index in [1.54, 1.807) is 0 Å². The first-order valence-electron chi connectivity index (χ1n) is 4.59. The smallest absolute Gasteiger partial charge is 0.0496 e. The highest BCUT2D eigenvalue weighted by molar-refractivity contribution is 6.31. The average Bonchev–Trinajstić information content (AvgIpc) is 2.44. The minimum absolute atomic E-state index is 0.0554. The first kappa shape index (κ1) is 9.56. The van der Waals surface area contributed by atoms with E-state index in [0.717, 1.165) is 10.5 Å². The van der Waals surface area contributed by atoms with Gasteiger partial charge >= 0.3 is 0 Å². The standard InChI is InChI=1S/C11H13ClN2/c1-7(13)10-6-14(2)11-5-8(12)3-4-9(10)11/h3-7H,13H2,1-2H3/t7-/m1/s1. The number of benzene rings is 1. The SMILES string of the molecule is C[C@@H](N)c1cn(C)c2cc(Cl)ccc12. The zero-order chi connectivity index (χ0) is 10.3. The van der Waals surface area contributed by atoms with Crippen molar-refractivity contribution in [3.63, 3.8) is 0 Å². The van der Waals surface area contributed by atoms with E-state index < -0.39 is 0 Å². The largest absolute Gasteiger partial charge is 0.350 e. The Bertz CT molecular complexity index is 471. The number of nitrogens with two attached hydrogens (primary N) is 1. The fourth-order valence-electron chi connectivity index (χ4n) is 1.75. The van der Waals surface area contributed by atoms with Gasteiger partial charge in [0, 0.05) is 35.2 Å². The number of hydrogen-bond donors (Lipinski definition) is 1. The van der Waals surface area contributed by atoms with E-state index in [-0.39, 0.29) is 6.04 Å². The molecule has 0 bridgehead atoms. The Morgan fingerprint density at radius 1 is 1.43 bits per heavy atom. The highest BCUT2D eigenvalue weighted by Crippen LogP contribution is 2.26. The van der Waals surface area contributed by atoms with E-state index in [4.69, 9.17) is 17.3 Å². The van der Waals surface area contributed by atoms with Crippen LogP contribution in [0.15, 0.2) is 24.4 Å². The average molecular weight is 209 g/mol. The van der Waals surface area contributed by atoms with Crippen LogP contribution in [0.25, 0.3) is 10.9 Å². The molecule has 2 nitrogen and oxygen atoms in total. The summed E-state index contributed by atoms with van der Waals surface area (Å²) in [7, 11) is 2.00. The van der Waals surface area contributed by atoms with Gasteiger partial charge in [-0.1, -0.05) is 17.7 Å². The lowest BCUT2D eigenvalue weighted by molar-refractivity contribution is 0.815. The normalized spacial score (nSPS) is 13.4. The molecular formula is C11H13ClN2. The molecule has 2 rings (SSSR count). The van der Waals surface area contributed by atoms with Crippen molar-refractivity contribution in [3.05, 3.63) is 35.0 Å². The molecule has 0 aliphatic carbocycles. The number of rotatable bonds is 1. The lowest BCUT2D eigenvalue weighted by Crippen LogP contribution is -2.03. The van der Waals surface area contributed by atoms with Gasteiger partial charge in [-0.2, -0.15) is 0 Å². The van der Waals surface area contributed by atoms with E-state index in [9.17, 15) is 0 Å². The molecule has 1 heterocycles. The first-order chi connectivity index (χ1) is 6.59. The van der Waals surface area contributed by atoms with Gasteiger partial charge < -0.3 is 10.3 Å². The van der Waals surface area contributed by atoms with E-state index in [1.807, 2.05) is 32.2 Å². The van der Waals surface area contributed by atoms with Crippen molar-refractivity contribution < 1.29 is 0 Å². The van der Waals surface area contributed by atoms with Crippen LogP contribution in [0.1, 0.15) is 18.5 Å². The van der Waals surface area contributed by atoms with Gasteiger partial charge in [0.25, 0.3) is 0 Å². The van der Waals surface area contributed by atoms with E-state index in [2.05, 4.69) is 10.8 Å². The van der Waals surface area contributed by atoms with Crippen LogP contribution >= 0.6 is 11.6 Å². The zero-order valence-corrected chi connectivity index (χ0v) is 9.05. The molecule has 1 aromatic heterocycles. The van der Waals surface area contributed by atoms with Crippen molar-refractivity contribution >= 4 is 22.5 Å². The maximum Gasteiger partial charge on any atom is 0.0496 e. The number of aromatic nitrogens is 1. The van der Waals surface area contributed by atoms with Crippen molar-refractivity contribution in [2.24, 2.45) is 12.8 Å². The Kier molecular flexibility index (Phi) is 2.25. The molecule has 0 fully saturated rings. The molecule has 14 heavy (non-hydrogen) atoms. The predicted molar refractivity (Wildman–Crippen MR) is 60.5 cm³/mol. The Morgan fingerprint density at radius 2 is 2.14 bits per heavy atom. The van der Waals surface area contributed by atoms with Crippen molar-refractivity contribution in [3.8, 4) is 0 Å². The van der Waals surface area contributed by atoms with Gasteiger partial charge in [-0.3, -0.25) is 0 Å². The Labute approximate surface area is 88.3 Å². The second-order valence-corrected chi connectivity index (χ2v) is 4.08. The van der Waals surface area contributed by atoms with Crippen molar-refractivity contribution in [2.45, 2.75) is 13.0 Å². The molecule has 0 aliphatic rings. The van der Waals surface area contributed by atoms with Crippen LogP contribution in [0.2, 0.25) is 5.02 Å². The van der Waals surface area contributed by atoms with E-state index >= 15 is 0 Å². The first-order valence-corrected chi connectivity index (χ1v) is 4.97. The summed E-state index contributed by atoms with van der Waals surface area (Å²) in [4.78, 5) is 0. The number of aryl methyl sites for hydroxylation is 1. The molecule has 1 atom stereocenters.